The van der Waals surface area contributed by atoms with E-state index in [1.54, 1.807) is 6.26 Å². The lowest BCUT2D eigenvalue weighted by molar-refractivity contribution is 0.0272. The Kier molecular flexibility index (Phi) is 5.71. The van der Waals surface area contributed by atoms with Gasteiger partial charge in [-0.2, -0.15) is 0 Å². The maximum Gasteiger partial charge on any atom is 0.195 e. The lowest BCUT2D eigenvalue weighted by atomic mass is 9.98. The van der Waals surface area contributed by atoms with E-state index in [9.17, 15) is 9.00 Å². The molecule has 3 aromatic carbocycles. The first-order chi connectivity index (χ1) is 17.0. The standard InChI is InChI=1S/C28H28N2O4S/c1-18-26(28(31)20-7-6-19-8-9-23(35(2)32)15-21(19)14-20)24-4-3-5-25-27(24)30(18)22(17-34-25)16-29-10-12-33-13-11-29/h3-9,14-15,22H,10-13,16-17H2,1-2H3. The van der Waals surface area contributed by atoms with Crippen LogP contribution in [0.3, 0.4) is 0 Å². The molecular formula is C28H28N2O4S. The molecule has 1 aromatic heterocycles. The zero-order valence-corrected chi connectivity index (χ0v) is 20.8. The molecule has 35 heavy (non-hydrogen) atoms. The second kappa shape index (κ2) is 8.90. The van der Waals surface area contributed by atoms with E-state index in [2.05, 4.69) is 9.47 Å². The molecule has 1 fully saturated rings. The highest BCUT2D eigenvalue weighted by Gasteiger charge is 2.31. The van der Waals surface area contributed by atoms with Gasteiger partial charge in [0.1, 0.15) is 12.4 Å². The number of hydrogen-bond donors (Lipinski definition) is 0. The van der Waals surface area contributed by atoms with Crippen LogP contribution in [0.1, 0.15) is 27.7 Å². The maximum atomic E-state index is 14.0. The Morgan fingerprint density at radius 3 is 2.66 bits per heavy atom. The zero-order valence-electron chi connectivity index (χ0n) is 20.0. The van der Waals surface area contributed by atoms with Crippen molar-refractivity contribution in [3.05, 3.63) is 71.4 Å². The summed E-state index contributed by atoms with van der Waals surface area (Å²) in [5, 5.41) is 2.87. The van der Waals surface area contributed by atoms with Crippen molar-refractivity contribution in [1.29, 1.82) is 0 Å². The molecule has 0 radical (unpaired) electrons. The predicted molar refractivity (Wildman–Crippen MR) is 138 cm³/mol. The SMILES string of the molecule is Cc1c(C(=O)c2ccc3ccc(S(C)=O)cc3c2)c2cccc3c2n1C(CN1CCOCC1)CO3. The number of nitrogens with zero attached hydrogens (tertiary/aromatic N) is 2. The number of rotatable bonds is 5. The average molecular weight is 489 g/mol. The van der Waals surface area contributed by atoms with Crippen molar-refractivity contribution in [1.82, 2.24) is 9.47 Å². The van der Waals surface area contributed by atoms with Crippen LogP contribution in [0.4, 0.5) is 0 Å². The summed E-state index contributed by atoms with van der Waals surface area (Å²) in [6, 6.07) is 17.6. The average Bonchev–Trinajstić information content (AvgIpc) is 3.18. The van der Waals surface area contributed by atoms with Gasteiger partial charge in [0.25, 0.3) is 0 Å². The summed E-state index contributed by atoms with van der Waals surface area (Å²) in [5.74, 6) is 0.830. The Bertz CT molecular complexity index is 1490. The quantitative estimate of drug-likeness (QED) is 0.391. The Labute approximate surface area is 206 Å². The molecule has 0 saturated carbocycles. The topological polar surface area (TPSA) is 60.8 Å². The molecule has 0 bridgehead atoms. The summed E-state index contributed by atoms with van der Waals surface area (Å²) in [6.07, 6.45) is 1.67. The molecule has 2 atom stereocenters. The molecule has 0 spiro atoms. The van der Waals surface area contributed by atoms with E-state index < -0.39 is 10.8 Å². The van der Waals surface area contributed by atoms with Crippen LogP contribution in [-0.2, 0) is 15.5 Å². The number of ketones is 1. The van der Waals surface area contributed by atoms with Crippen LogP contribution < -0.4 is 4.74 Å². The molecule has 0 N–H and O–H groups in total. The van der Waals surface area contributed by atoms with Crippen molar-refractivity contribution in [3.8, 4) is 5.75 Å². The van der Waals surface area contributed by atoms with Crippen LogP contribution in [-0.4, -0.2) is 65.2 Å². The fraction of sp³-hybridized carbons (Fsp3) is 0.321. The summed E-state index contributed by atoms with van der Waals surface area (Å²) in [7, 11) is -1.08. The third kappa shape index (κ3) is 3.88. The van der Waals surface area contributed by atoms with Gasteiger partial charge in [0.2, 0.25) is 0 Å². The first-order valence-corrected chi connectivity index (χ1v) is 13.6. The summed E-state index contributed by atoms with van der Waals surface area (Å²) in [5.41, 5.74) is 3.34. The predicted octanol–water partition coefficient (Wildman–Crippen LogP) is 4.34. The number of aromatic nitrogens is 1. The molecule has 4 aromatic rings. The Balaban J connectivity index is 1.44. The van der Waals surface area contributed by atoms with Gasteiger partial charge in [-0.1, -0.05) is 30.3 Å². The lowest BCUT2D eigenvalue weighted by Crippen LogP contribution is -2.42. The molecule has 2 unspecified atom stereocenters. The minimum Gasteiger partial charge on any atom is -0.489 e. The minimum absolute atomic E-state index is 0.000321. The van der Waals surface area contributed by atoms with Crippen molar-refractivity contribution in [2.45, 2.75) is 17.9 Å². The molecule has 0 amide bonds. The highest BCUT2D eigenvalue weighted by Crippen LogP contribution is 2.39. The second-order valence-corrected chi connectivity index (χ2v) is 10.7. The molecule has 1 saturated heterocycles. The van der Waals surface area contributed by atoms with Gasteiger partial charge in [0.05, 0.1) is 30.3 Å². The molecule has 2 aliphatic rings. The van der Waals surface area contributed by atoms with E-state index in [1.165, 1.54) is 0 Å². The Morgan fingerprint density at radius 2 is 1.86 bits per heavy atom. The number of morpholine rings is 1. The van der Waals surface area contributed by atoms with E-state index in [1.807, 2.05) is 61.5 Å². The highest BCUT2D eigenvalue weighted by atomic mass is 32.2. The van der Waals surface area contributed by atoms with Gasteiger partial charge in [-0.05, 0) is 42.0 Å². The molecule has 0 aliphatic carbocycles. The van der Waals surface area contributed by atoms with Crippen LogP contribution in [0.15, 0.2) is 59.5 Å². The summed E-state index contributed by atoms with van der Waals surface area (Å²) in [4.78, 5) is 17.1. The monoisotopic (exact) mass is 488 g/mol. The summed E-state index contributed by atoms with van der Waals surface area (Å²) < 4.78 is 26.0. The second-order valence-electron chi connectivity index (χ2n) is 9.37. The van der Waals surface area contributed by atoms with Crippen LogP contribution in [0, 0.1) is 6.92 Å². The smallest absolute Gasteiger partial charge is 0.195 e. The largest absolute Gasteiger partial charge is 0.489 e. The van der Waals surface area contributed by atoms with Gasteiger partial charge in [0, 0.05) is 58.2 Å². The molecule has 3 heterocycles. The zero-order chi connectivity index (χ0) is 24.1. The van der Waals surface area contributed by atoms with E-state index in [0.29, 0.717) is 12.2 Å². The van der Waals surface area contributed by atoms with Crippen molar-refractivity contribution in [3.63, 3.8) is 0 Å². The number of benzene rings is 3. The number of fused-ring (bicyclic) bond motifs is 1. The number of hydrogen-bond acceptors (Lipinski definition) is 5. The maximum absolute atomic E-state index is 14.0. The molecule has 6 nitrogen and oxygen atoms in total. The van der Waals surface area contributed by atoms with Gasteiger partial charge >= 0.3 is 0 Å². The fourth-order valence-corrected chi connectivity index (χ4v) is 6.03. The van der Waals surface area contributed by atoms with Crippen molar-refractivity contribution in [2.24, 2.45) is 0 Å². The van der Waals surface area contributed by atoms with Crippen molar-refractivity contribution < 1.29 is 18.5 Å². The third-order valence-electron chi connectivity index (χ3n) is 7.23. The van der Waals surface area contributed by atoms with E-state index in [-0.39, 0.29) is 11.8 Å². The molecule has 7 heteroatoms. The first kappa shape index (κ1) is 22.5. The van der Waals surface area contributed by atoms with Crippen molar-refractivity contribution in [2.75, 3.05) is 45.7 Å². The molecular weight excluding hydrogens is 460 g/mol. The van der Waals surface area contributed by atoms with Crippen LogP contribution in [0.5, 0.6) is 5.75 Å². The van der Waals surface area contributed by atoms with E-state index in [0.717, 1.165) is 76.4 Å². The van der Waals surface area contributed by atoms with Crippen LogP contribution in [0.25, 0.3) is 21.7 Å². The molecule has 180 valence electrons. The lowest BCUT2D eigenvalue weighted by Gasteiger charge is -2.34. The van der Waals surface area contributed by atoms with Gasteiger partial charge in [0.15, 0.2) is 5.78 Å². The Hall–Kier alpha value is -3.00. The van der Waals surface area contributed by atoms with Gasteiger partial charge in [-0.25, -0.2) is 0 Å². The van der Waals surface area contributed by atoms with E-state index in [4.69, 9.17) is 9.47 Å². The molecule has 2 aliphatic heterocycles. The van der Waals surface area contributed by atoms with Gasteiger partial charge < -0.3 is 14.0 Å². The molecule has 6 rings (SSSR count). The number of para-hydroxylation sites is 1. The summed E-state index contributed by atoms with van der Waals surface area (Å²) >= 11 is 0. The fourth-order valence-electron chi connectivity index (χ4n) is 5.48. The Morgan fingerprint density at radius 1 is 1.06 bits per heavy atom. The number of carbonyl (C=O) groups excluding carboxylic acids is 1. The van der Waals surface area contributed by atoms with Crippen LogP contribution in [0.2, 0.25) is 0 Å². The summed E-state index contributed by atoms with van der Waals surface area (Å²) in [6.45, 7) is 6.83. The minimum atomic E-state index is -1.08. The van der Waals surface area contributed by atoms with E-state index >= 15 is 0 Å². The third-order valence-corrected chi connectivity index (χ3v) is 8.15. The first-order valence-electron chi connectivity index (χ1n) is 12.0. The normalized spacial score (nSPS) is 19.1. The van der Waals surface area contributed by atoms with Gasteiger partial charge in [-0.15, -0.1) is 0 Å². The van der Waals surface area contributed by atoms with Gasteiger partial charge in [-0.3, -0.25) is 13.9 Å². The van der Waals surface area contributed by atoms with Crippen LogP contribution >= 0.6 is 0 Å². The number of carbonyl (C=O) groups is 1. The van der Waals surface area contributed by atoms with Crippen molar-refractivity contribution >= 4 is 38.3 Å². The number of ether oxygens (including phenoxy) is 2. The highest BCUT2D eigenvalue weighted by molar-refractivity contribution is 7.84.